The number of rotatable bonds is 4. The highest BCUT2D eigenvalue weighted by atomic mass is 16.5. The van der Waals surface area contributed by atoms with Gasteiger partial charge in [-0.15, -0.1) is 0 Å². The number of hydrogen-bond acceptors (Lipinski definition) is 3. The molecule has 0 spiro atoms. The summed E-state index contributed by atoms with van der Waals surface area (Å²) in [6.45, 7) is 8.73. The van der Waals surface area contributed by atoms with Gasteiger partial charge in [-0.3, -0.25) is 4.79 Å². The molecule has 0 radical (unpaired) electrons. The van der Waals surface area contributed by atoms with Gasteiger partial charge in [0, 0.05) is 12.6 Å². The lowest BCUT2D eigenvalue weighted by molar-refractivity contribution is -0.129. The van der Waals surface area contributed by atoms with E-state index >= 15 is 0 Å². The van der Waals surface area contributed by atoms with Crippen LogP contribution in [0.3, 0.4) is 0 Å². The van der Waals surface area contributed by atoms with Crippen molar-refractivity contribution in [3.63, 3.8) is 0 Å². The molecule has 1 amide bonds. The third-order valence-corrected chi connectivity index (χ3v) is 3.75. The number of hydrogen-bond donors (Lipinski definition) is 2. The monoisotopic (exact) mass is 242 g/mol. The summed E-state index contributed by atoms with van der Waals surface area (Å²) in [5.74, 6) is -0.0230. The maximum Gasteiger partial charge on any atom is 0.240 e. The summed E-state index contributed by atoms with van der Waals surface area (Å²) < 4.78 is 5.63. The second-order valence-corrected chi connectivity index (χ2v) is 5.63. The molecule has 1 aliphatic rings. The van der Waals surface area contributed by atoms with E-state index < -0.39 is 5.54 Å². The highest BCUT2D eigenvalue weighted by Crippen LogP contribution is 2.24. The lowest BCUT2D eigenvalue weighted by Crippen LogP contribution is -2.57. The van der Waals surface area contributed by atoms with E-state index in [-0.39, 0.29) is 17.6 Å². The first-order valence-electron chi connectivity index (χ1n) is 6.57. The van der Waals surface area contributed by atoms with Crippen molar-refractivity contribution in [2.75, 3.05) is 6.61 Å². The predicted octanol–water partition coefficient (Wildman–Crippen LogP) is 1.58. The fourth-order valence-electron chi connectivity index (χ4n) is 2.26. The Hall–Kier alpha value is -0.610. The van der Waals surface area contributed by atoms with E-state index in [1.165, 1.54) is 0 Å². The first-order valence-corrected chi connectivity index (χ1v) is 6.57. The van der Waals surface area contributed by atoms with Gasteiger partial charge in [-0.1, -0.05) is 13.8 Å². The van der Waals surface area contributed by atoms with Gasteiger partial charge in [-0.25, -0.2) is 0 Å². The van der Waals surface area contributed by atoms with Crippen molar-refractivity contribution in [1.29, 1.82) is 0 Å². The zero-order chi connectivity index (χ0) is 13.1. The van der Waals surface area contributed by atoms with E-state index in [9.17, 15) is 4.79 Å². The van der Waals surface area contributed by atoms with E-state index in [0.29, 0.717) is 19.4 Å². The van der Waals surface area contributed by atoms with Crippen molar-refractivity contribution < 1.29 is 9.53 Å². The Morgan fingerprint density at radius 3 is 2.53 bits per heavy atom. The molecule has 1 unspecified atom stereocenters. The molecule has 1 rings (SSSR count). The average Bonchev–Trinajstić information content (AvgIpc) is 2.26. The van der Waals surface area contributed by atoms with Gasteiger partial charge >= 0.3 is 0 Å². The number of carbonyl (C=O) groups excluding carboxylic acids is 1. The number of nitrogens with one attached hydrogen (secondary N) is 1. The van der Waals surface area contributed by atoms with Crippen molar-refractivity contribution in [2.24, 2.45) is 5.73 Å². The lowest BCUT2D eigenvalue weighted by atomic mass is 9.90. The van der Waals surface area contributed by atoms with Gasteiger partial charge in [0.05, 0.1) is 11.1 Å². The van der Waals surface area contributed by atoms with Gasteiger partial charge in [0.1, 0.15) is 0 Å². The minimum absolute atomic E-state index is 0.0230. The van der Waals surface area contributed by atoms with Crippen molar-refractivity contribution >= 4 is 5.91 Å². The third kappa shape index (κ3) is 3.68. The summed E-state index contributed by atoms with van der Waals surface area (Å²) >= 11 is 0. The second kappa shape index (κ2) is 5.36. The van der Waals surface area contributed by atoms with Crippen molar-refractivity contribution in [3.05, 3.63) is 0 Å². The molecule has 1 heterocycles. The summed E-state index contributed by atoms with van der Waals surface area (Å²) in [6.07, 6.45) is 3.06. The fourth-order valence-corrected chi connectivity index (χ4v) is 2.26. The molecule has 4 heteroatoms. The maximum absolute atomic E-state index is 12.1. The van der Waals surface area contributed by atoms with E-state index in [1.807, 2.05) is 13.8 Å². The van der Waals surface area contributed by atoms with Crippen LogP contribution >= 0.6 is 0 Å². The van der Waals surface area contributed by atoms with Crippen LogP contribution in [0.4, 0.5) is 0 Å². The first kappa shape index (κ1) is 14.5. The van der Waals surface area contributed by atoms with Gasteiger partial charge in [0.25, 0.3) is 0 Å². The molecule has 1 saturated heterocycles. The fraction of sp³-hybridized carbons (Fsp3) is 0.923. The Kier molecular flexibility index (Phi) is 4.55. The largest absolute Gasteiger partial charge is 0.375 e. The Labute approximate surface area is 104 Å². The standard InChI is InChI=1S/C13H26N2O2/c1-5-13(14,6-2)11(16)15-10-7-8-17-12(3,4)9-10/h10H,5-9,14H2,1-4H3,(H,15,16). The van der Waals surface area contributed by atoms with Gasteiger partial charge < -0.3 is 15.8 Å². The van der Waals surface area contributed by atoms with Gasteiger partial charge in [-0.2, -0.15) is 0 Å². The Morgan fingerprint density at radius 2 is 2.06 bits per heavy atom. The maximum atomic E-state index is 12.1. The normalized spacial score (nSPS) is 24.4. The number of ether oxygens (including phenoxy) is 1. The summed E-state index contributed by atoms with van der Waals surface area (Å²) in [5.41, 5.74) is 5.21. The Morgan fingerprint density at radius 1 is 1.47 bits per heavy atom. The summed E-state index contributed by atoms with van der Waals surface area (Å²) in [4.78, 5) is 12.1. The molecule has 0 aromatic carbocycles. The molecule has 3 N–H and O–H groups in total. The molecule has 0 aromatic heterocycles. The topological polar surface area (TPSA) is 64.4 Å². The van der Waals surface area contributed by atoms with Crippen molar-refractivity contribution in [2.45, 2.75) is 70.6 Å². The highest BCUT2D eigenvalue weighted by Gasteiger charge is 2.34. The molecule has 17 heavy (non-hydrogen) atoms. The predicted molar refractivity (Wildman–Crippen MR) is 68.7 cm³/mol. The van der Waals surface area contributed by atoms with E-state index in [1.54, 1.807) is 0 Å². The van der Waals surface area contributed by atoms with Crippen LogP contribution in [0.25, 0.3) is 0 Å². The van der Waals surface area contributed by atoms with Crippen LogP contribution in [0.15, 0.2) is 0 Å². The summed E-state index contributed by atoms with van der Waals surface area (Å²) in [5, 5.41) is 3.07. The van der Waals surface area contributed by atoms with Crippen molar-refractivity contribution in [1.82, 2.24) is 5.32 Å². The van der Waals surface area contributed by atoms with Crippen LogP contribution in [-0.4, -0.2) is 29.7 Å². The Balaban J connectivity index is 2.57. The first-order chi connectivity index (χ1) is 7.83. The Bertz CT molecular complexity index is 273. The van der Waals surface area contributed by atoms with Crippen molar-refractivity contribution in [3.8, 4) is 0 Å². The zero-order valence-corrected chi connectivity index (χ0v) is 11.5. The quantitative estimate of drug-likeness (QED) is 0.786. The van der Waals surface area contributed by atoms with E-state index in [2.05, 4.69) is 19.2 Å². The van der Waals surface area contributed by atoms with Gasteiger partial charge in [-0.05, 0) is 39.5 Å². The van der Waals surface area contributed by atoms with E-state index in [0.717, 1.165) is 12.8 Å². The SMILES string of the molecule is CCC(N)(CC)C(=O)NC1CCOC(C)(C)C1. The summed E-state index contributed by atoms with van der Waals surface area (Å²) in [6, 6.07) is 0.187. The van der Waals surface area contributed by atoms with Crippen LogP contribution in [0.2, 0.25) is 0 Å². The highest BCUT2D eigenvalue weighted by molar-refractivity contribution is 5.86. The molecule has 4 nitrogen and oxygen atoms in total. The number of carbonyl (C=O) groups is 1. The van der Waals surface area contributed by atoms with Gasteiger partial charge in [0.2, 0.25) is 5.91 Å². The minimum Gasteiger partial charge on any atom is -0.375 e. The zero-order valence-electron chi connectivity index (χ0n) is 11.5. The number of nitrogens with two attached hydrogens (primary N) is 1. The molecule has 1 aliphatic heterocycles. The molecule has 1 fully saturated rings. The molecule has 0 aromatic rings. The molecule has 0 aliphatic carbocycles. The summed E-state index contributed by atoms with van der Waals surface area (Å²) in [7, 11) is 0. The molecular weight excluding hydrogens is 216 g/mol. The van der Waals surface area contributed by atoms with Crippen LogP contribution in [-0.2, 0) is 9.53 Å². The van der Waals surface area contributed by atoms with Crippen LogP contribution in [0, 0.1) is 0 Å². The average molecular weight is 242 g/mol. The van der Waals surface area contributed by atoms with Crippen LogP contribution in [0.5, 0.6) is 0 Å². The molecule has 1 atom stereocenters. The molecule has 0 saturated carbocycles. The smallest absolute Gasteiger partial charge is 0.240 e. The molecular formula is C13H26N2O2. The van der Waals surface area contributed by atoms with Crippen LogP contribution in [0.1, 0.15) is 53.4 Å². The minimum atomic E-state index is -0.720. The third-order valence-electron chi connectivity index (χ3n) is 3.75. The second-order valence-electron chi connectivity index (χ2n) is 5.63. The van der Waals surface area contributed by atoms with Crippen LogP contribution < -0.4 is 11.1 Å². The number of amides is 1. The van der Waals surface area contributed by atoms with Gasteiger partial charge in [0.15, 0.2) is 0 Å². The van der Waals surface area contributed by atoms with E-state index in [4.69, 9.17) is 10.5 Å². The lowest BCUT2D eigenvalue weighted by Gasteiger charge is -2.37. The molecule has 100 valence electrons. The molecule has 0 bridgehead atoms.